The molecule has 0 fully saturated rings. The van der Waals surface area contributed by atoms with Gasteiger partial charge in [0.2, 0.25) is 0 Å². The van der Waals surface area contributed by atoms with Gasteiger partial charge in [-0.25, -0.2) is 0 Å². The van der Waals surface area contributed by atoms with E-state index in [-0.39, 0.29) is 31.1 Å². The topological polar surface area (TPSA) is 78.9 Å². The zero-order valence-electron chi connectivity index (χ0n) is 35.8. The van der Waals surface area contributed by atoms with E-state index in [2.05, 4.69) is 20.8 Å². The van der Waals surface area contributed by atoms with Crippen LogP contribution in [0.5, 0.6) is 0 Å². The number of unbranched alkanes of at least 4 members (excludes halogenated alkanes) is 32. The maximum atomic E-state index is 12.6. The van der Waals surface area contributed by atoms with Gasteiger partial charge in [0.15, 0.2) is 6.10 Å². The van der Waals surface area contributed by atoms with Gasteiger partial charge in [-0.1, -0.05) is 226 Å². The highest BCUT2D eigenvalue weighted by atomic mass is 16.6. The fourth-order valence-corrected chi connectivity index (χ4v) is 7.03. The lowest BCUT2D eigenvalue weighted by Crippen LogP contribution is -2.30. The van der Waals surface area contributed by atoms with Gasteiger partial charge >= 0.3 is 17.9 Å². The Kier molecular flexibility index (Phi) is 41.8. The summed E-state index contributed by atoms with van der Waals surface area (Å²) in [5.41, 5.74) is 0. The molecule has 0 rings (SSSR count). The molecule has 0 unspecified atom stereocenters. The molecule has 0 aromatic carbocycles. The van der Waals surface area contributed by atoms with Crippen molar-refractivity contribution in [2.75, 3.05) is 13.2 Å². The molecule has 0 saturated heterocycles. The van der Waals surface area contributed by atoms with Crippen molar-refractivity contribution < 1.29 is 28.6 Å². The van der Waals surface area contributed by atoms with Gasteiger partial charge in [0.25, 0.3) is 0 Å². The molecule has 1 atom stereocenters. The first kappa shape index (κ1) is 51.4. The molecule has 0 bridgehead atoms. The lowest BCUT2D eigenvalue weighted by molar-refractivity contribution is -0.167. The van der Waals surface area contributed by atoms with E-state index < -0.39 is 6.10 Å². The first-order valence-electron chi connectivity index (χ1n) is 23.5. The molecule has 0 spiro atoms. The highest BCUT2D eigenvalue weighted by Crippen LogP contribution is 2.16. The normalized spacial score (nSPS) is 11.8. The van der Waals surface area contributed by atoms with Crippen molar-refractivity contribution in [1.29, 1.82) is 0 Å². The molecule has 0 radical (unpaired) electrons. The summed E-state index contributed by atoms with van der Waals surface area (Å²) in [6.45, 7) is 6.62. The molecular formula is C47H90O6. The van der Waals surface area contributed by atoms with E-state index in [1.54, 1.807) is 0 Å². The van der Waals surface area contributed by atoms with E-state index in [9.17, 15) is 14.4 Å². The fourth-order valence-electron chi connectivity index (χ4n) is 7.03. The molecule has 0 heterocycles. The van der Waals surface area contributed by atoms with Gasteiger partial charge in [0.1, 0.15) is 13.2 Å². The Hall–Kier alpha value is -1.59. The van der Waals surface area contributed by atoms with Crippen molar-refractivity contribution in [1.82, 2.24) is 0 Å². The molecule has 0 aliphatic heterocycles. The van der Waals surface area contributed by atoms with E-state index in [0.717, 1.165) is 57.8 Å². The maximum absolute atomic E-state index is 12.6. The summed E-state index contributed by atoms with van der Waals surface area (Å²) >= 11 is 0. The fraction of sp³-hybridized carbons (Fsp3) is 0.936. The highest BCUT2D eigenvalue weighted by molar-refractivity contribution is 5.71. The number of ether oxygens (including phenoxy) is 3. The third-order valence-corrected chi connectivity index (χ3v) is 10.6. The average molecular weight is 751 g/mol. The molecule has 0 N–H and O–H groups in total. The Bertz CT molecular complexity index is 783. The number of carbonyl (C=O) groups excluding carboxylic acids is 3. The van der Waals surface area contributed by atoms with Crippen LogP contribution in [0.4, 0.5) is 0 Å². The predicted molar refractivity (Wildman–Crippen MR) is 224 cm³/mol. The molecule has 0 amide bonds. The van der Waals surface area contributed by atoms with Crippen LogP contribution in [0, 0.1) is 0 Å². The van der Waals surface area contributed by atoms with Crippen molar-refractivity contribution in [2.24, 2.45) is 0 Å². The Labute approximate surface area is 329 Å². The van der Waals surface area contributed by atoms with Crippen molar-refractivity contribution in [2.45, 2.75) is 271 Å². The summed E-state index contributed by atoms with van der Waals surface area (Å²) in [7, 11) is 0. The van der Waals surface area contributed by atoms with Gasteiger partial charge < -0.3 is 14.2 Å². The standard InChI is InChI=1S/C47H90O6/c1-4-7-10-13-16-18-20-22-23-25-27-29-32-34-37-40-46(49)52-43-44(53-47(50)41-38-35-30-15-12-9-6-3)42-51-45(48)39-36-33-31-28-26-24-21-19-17-14-11-8-5-2/h44H,4-43H2,1-3H3/t44-/m0/s1. The van der Waals surface area contributed by atoms with Gasteiger partial charge in [0.05, 0.1) is 0 Å². The minimum Gasteiger partial charge on any atom is -0.462 e. The van der Waals surface area contributed by atoms with Crippen LogP contribution in [-0.2, 0) is 28.6 Å². The Morgan fingerprint density at radius 1 is 0.302 bits per heavy atom. The zero-order valence-corrected chi connectivity index (χ0v) is 35.8. The second-order valence-electron chi connectivity index (χ2n) is 16.0. The number of carbonyl (C=O) groups is 3. The van der Waals surface area contributed by atoms with E-state index in [1.165, 1.54) is 167 Å². The summed E-state index contributed by atoms with van der Waals surface area (Å²) in [5.74, 6) is -0.856. The summed E-state index contributed by atoms with van der Waals surface area (Å²) < 4.78 is 16.7. The molecule has 0 aliphatic rings. The molecule has 0 saturated carbocycles. The number of hydrogen-bond donors (Lipinski definition) is 0. The molecule has 53 heavy (non-hydrogen) atoms. The quantitative estimate of drug-likeness (QED) is 0.0351. The average Bonchev–Trinajstić information content (AvgIpc) is 3.15. The maximum Gasteiger partial charge on any atom is 0.306 e. The largest absolute Gasteiger partial charge is 0.462 e. The zero-order chi connectivity index (χ0) is 38.7. The Morgan fingerprint density at radius 3 is 0.755 bits per heavy atom. The van der Waals surface area contributed by atoms with Crippen LogP contribution < -0.4 is 0 Å². The van der Waals surface area contributed by atoms with E-state index >= 15 is 0 Å². The minimum atomic E-state index is -0.757. The van der Waals surface area contributed by atoms with Crippen LogP contribution in [-0.4, -0.2) is 37.2 Å². The molecule has 0 aromatic heterocycles. The Balaban J connectivity index is 4.20. The summed E-state index contributed by atoms with van der Waals surface area (Å²) in [4.78, 5) is 37.6. The van der Waals surface area contributed by atoms with Gasteiger partial charge in [0, 0.05) is 19.3 Å². The third-order valence-electron chi connectivity index (χ3n) is 10.6. The molecule has 0 aromatic rings. The lowest BCUT2D eigenvalue weighted by atomic mass is 10.0. The minimum absolute atomic E-state index is 0.0631. The van der Waals surface area contributed by atoms with Crippen LogP contribution in [0.15, 0.2) is 0 Å². The van der Waals surface area contributed by atoms with E-state index in [0.29, 0.717) is 19.3 Å². The van der Waals surface area contributed by atoms with Gasteiger partial charge in [-0.15, -0.1) is 0 Å². The third kappa shape index (κ3) is 41.4. The summed E-state index contributed by atoms with van der Waals surface area (Å²) in [6, 6.07) is 0. The van der Waals surface area contributed by atoms with Crippen molar-refractivity contribution in [3.63, 3.8) is 0 Å². The van der Waals surface area contributed by atoms with Crippen LogP contribution in [0.25, 0.3) is 0 Å². The van der Waals surface area contributed by atoms with Gasteiger partial charge in [-0.05, 0) is 19.3 Å². The molecular weight excluding hydrogens is 661 g/mol. The first-order chi connectivity index (χ1) is 26.0. The molecule has 0 aliphatic carbocycles. The van der Waals surface area contributed by atoms with Crippen LogP contribution in [0.3, 0.4) is 0 Å². The molecule has 6 nitrogen and oxygen atoms in total. The predicted octanol–water partition coefficient (Wildman–Crippen LogP) is 14.9. The first-order valence-corrected chi connectivity index (χ1v) is 23.5. The van der Waals surface area contributed by atoms with Crippen LogP contribution in [0.1, 0.15) is 265 Å². The van der Waals surface area contributed by atoms with Crippen molar-refractivity contribution in [3.8, 4) is 0 Å². The second kappa shape index (κ2) is 43.1. The Morgan fingerprint density at radius 2 is 0.509 bits per heavy atom. The van der Waals surface area contributed by atoms with Crippen molar-refractivity contribution in [3.05, 3.63) is 0 Å². The molecule has 314 valence electrons. The van der Waals surface area contributed by atoms with Crippen LogP contribution in [0.2, 0.25) is 0 Å². The number of hydrogen-bond acceptors (Lipinski definition) is 6. The van der Waals surface area contributed by atoms with E-state index in [1.807, 2.05) is 0 Å². The smallest absolute Gasteiger partial charge is 0.306 e. The monoisotopic (exact) mass is 751 g/mol. The van der Waals surface area contributed by atoms with Gasteiger partial charge in [-0.3, -0.25) is 14.4 Å². The van der Waals surface area contributed by atoms with Crippen LogP contribution >= 0.6 is 0 Å². The SMILES string of the molecule is CCCCCCCCCCCCCCCCCC(=O)OC[C@H](COC(=O)CCCCCCCCCCCCCCC)OC(=O)CCCCCCCCC. The summed E-state index contributed by atoms with van der Waals surface area (Å²) in [6.07, 6.45) is 43.8. The highest BCUT2D eigenvalue weighted by Gasteiger charge is 2.19. The number of esters is 3. The molecule has 6 heteroatoms. The second-order valence-corrected chi connectivity index (χ2v) is 16.0. The summed E-state index contributed by atoms with van der Waals surface area (Å²) in [5, 5.41) is 0. The van der Waals surface area contributed by atoms with Crippen molar-refractivity contribution >= 4 is 17.9 Å². The lowest BCUT2D eigenvalue weighted by Gasteiger charge is -2.18. The number of rotatable bonds is 43. The van der Waals surface area contributed by atoms with E-state index in [4.69, 9.17) is 14.2 Å². The van der Waals surface area contributed by atoms with Gasteiger partial charge in [-0.2, -0.15) is 0 Å².